The Morgan fingerprint density at radius 1 is 0.963 bits per heavy atom. The third kappa shape index (κ3) is 5.41. The minimum absolute atomic E-state index is 0.0286. The number of hydrogen-bond acceptors (Lipinski definition) is 3. The maximum atomic E-state index is 12.2. The SMILES string of the molecule is CC1CC1C(=O)NCCC(=O)Nc1cccc(NC(=O)c2ccccc2)c1. The molecule has 0 radical (unpaired) electrons. The Bertz CT molecular complexity index is 836. The molecule has 6 nitrogen and oxygen atoms in total. The summed E-state index contributed by atoms with van der Waals surface area (Å²) in [6, 6.07) is 15.9. The normalized spacial score (nSPS) is 17.7. The highest BCUT2D eigenvalue weighted by Gasteiger charge is 2.38. The van der Waals surface area contributed by atoms with E-state index in [4.69, 9.17) is 0 Å². The van der Waals surface area contributed by atoms with Gasteiger partial charge in [-0.2, -0.15) is 0 Å². The topological polar surface area (TPSA) is 87.3 Å². The van der Waals surface area contributed by atoms with E-state index < -0.39 is 0 Å². The van der Waals surface area contributed by atoms with Crippen molar-refractivity contribution in [2.24, 2.45) is 11.8 Å². The molecule has 27 heavy (non-hydrogen) atoms. The number of carbonyl (C=O) groups excluding carboxylic acids is 3. The fraction of sp³-hybridized carbons (Fsp3) is 0.286. The minimum atomic E-state index is -0.212. The van der Waals surface area contributed by atoms with Crippen LogP contribution in [0.3, 0.4) is 0 Å². The van der Waals surface area contributed by atoms with E-state index in [-0.39, 0.29) is 30.1 Å². The second-order valence-corrected chi connectivity index (χ2v) is 6.81. The third-order valence-electron chi connectivity index (χ3n) is 4.54. The summed E-state index contributed by atoms with van der Waals surface area (Å²) in [5, 5.41) is 8.38. The van der Waals surface area contributed by atoms with Crippen molar-refractivity contribution in [3.63, 3.8) is 0 Å². The molecule has 0 spiro atoms. The van der Waals surface area contributed by atoms with Crippen molar-refractivity contribution in [3.8, 4) is 0 Å². The van der Waals surface area contributed by atoms with Crippen molar-refractivity contribution in [2.75, 3.05) is 17.2 Å². The average Bonchev–Trinajstić information content (AvgIpc) is 3.39. The van der Waals surface area contributed by atoms with Crippen LogP contribution in [-0.4, -0.2) is 24.3 Å². The van der Waals surface area contributed by atoms with Gasteiger partial charge >= 0.3 is 0 Å². The average molecular weight is 365 g/mol. The summed E-state index contributed by atoms with van der Waals surface area (Å²) in [5.74, 6) is 0.188. The molecule has 140 valence electrons. The van der Waals surface area contributed by atoms with Crippen molar-refractivity contribution >= 4 is 29.1 Å². The standard InChI is InChI=1S/C21H23N3O3/c1-14-12-18(14)21(27)22-11-10-19(25)23-16-8-5-9-17(13-16)24-20(26)15-6-3-2-4-7-15/h2-9,13-14,18H,10-12H2,1H3,(H,22,27)(H,23,25)(H,24,26). The Hall–Kier alpha value is -3.15. The Morgan fingerprint density at radius 3 is 2.30 bits per heavy atom. The van der Waals surface area contributed by atoms with Crippen LogP contribution < -0.4 is 16.0 Å². The molecule has 0 aliphatic heterocycles. The number of nitrogens with one attached hydrogen (secondary N) is 3. The second-order valence-electron chi connectivity index (χ2n) is 6.81. The maximum absolute atomic E-state index is 12.2. The Labute approximate surface area is 158 Å². The van der Waals surface area contributed by atoms with Crippen LogP contribution in [-0.2, 0) is 9.59 Å². The molecule has 2 unspecified atom stereocenters. The zero-order chi connectivity index (χ0) is 19.2. The van der Waals surface area contributed by atoms with E-state index in [1.54, 1.807) is 48.5 Å². The van der Waals surface area contributed by atoms with Crippen LogP contribution in [0, 0.1) is 11.8 Å². The van der Waals surface area contributed by atoms with Crippen molar-refractivity contribution < 1.29 is 14.4 Å². The van der Waals surface area contributed by atoms with E-state index in [9.17, 15) is 14.4 Å². The molecule has 1 aliphatic carbocycles. The van der Waals surface area contributed by atoms with Crippen LogP contribution in [0.4, 0.5) is 11.4 Å². The third-order valence-corrected chi connectivity index (χ3v) is 4.54. The molecule has 0 aromatic heterocycles. The molecule has 3 rings (SSSR count). The van der Waals surface area contributed by atoms with E-state index in [1.165, 1.54) is 0 Å². The van der Waals surface area contributed by atoms with Gasteiger partial charge in [0.25, 0.3) is 5.91 Å². The molecule has 2 atom stereocenters. The molecule has 1 fully saturated rings. The molecule has 3 amide bonds. The van der Waals surface area contributed by atoms with Crippen LogP contribution >= 0.6 is 0 Å². The van der Waals surface area contributed by atoms with Gasteiger partial charge in [-0.25, -0.2) is 0 Å². The molecule has 2 aromatic rings. The van der Waals surface area contributed by atoms with Crippen LogP contribution in [0.15, 0.2) is 54.6 Å². The van der Waals surface area contributed by atoms with E-state index in [0.717, 1.165) is 6.42 Å². The first kappa shape index (κ1) is 18.6. The highest BCUT2D eigenvalue weighted by atomic mass is 16.2. The van der Waals surface area contributed by atoms with Gasteiger partial charge in [-0.15, -0.1) is 0 Å². The number of carbonyl (C=O) groups is 3. The zero-order valence-electron chi connectivity index (χ0n) is 15.2. The van der Waals surface area contributed by atoms with Crippen LogP contribution in [0.2, 0.25) is 0 Å². The second kappa shape index (κ2) is 8.49. The van der Waals surface area contributed by atoms with Crippen molar-refractivity contribution in [3.05, 3.63) is 60.2 Å². The summed E-state index contributed by atoms with van der Waals surface area (Å²) in [4.78, 5) is 36.0. The molecule has 0 bridgehead atoms. The molecular weight excluding hydrogens is 342 g/mol. The van der Waals surface area contributed by atoms with E-state index >= 15 is 0 Å². The maximum Gasteiger partial charge on any atom is 0.255 e. The predicted octanol–water partition coefficient (Wildman–Crippen LogP) is 3.04. The first-order valence-corrected chi connectivity index (χ1v) is 9.07. The lowest BCUT2D eigenvalue weighted by molar-refractivity contribution is -0.122. The minimum Gasteiger partial charge on any atom is -0.355 e. The monoisotopic (exact) mass is 365 g/mol. The van der Waals surface area contributed by atoms with Gasteiger partial charge < -0.3 is 16.0 Å². The van der Waals surface area contributed by atoms with Gasteiger partial charge in [0.15, 0.2) is 0 Å². The largest absolute Gasteiger partial charge is 0.355 e. The number of benzene rings is 2. The van der Waals surface area contributed by atoms with Crippen LogP contribution in [0.5, 0.6) is 0 Å². The lowest BCUT2D eigenvalue weighted by Gasteiger charge is -2.09. The van der Waals surface area contributed by atoms with Gasteiger partial charge in [-0.3, -0.25) is 14.4 Å². The molecule has 1 saturated carbocycles. The van der Waals surface area contributed by atoms with Gasteiger partial charge in [-0.05, 0) is 42.7 Å². The summed E-state index contributed by atoms with van der Waals surface area (Å²) >= 11 is 0. The molecule has 2 aromatic carbocycles. The number of rotatable bonds is 7. The zero-order valence-corrected chi connectivity index (χ0v) is 15.2. The fourth-order valence-electron chi connectivity index (χ4n) is 2.81. The quantitative estimate of drug-likeness (QED) is 0.705. The van der Waals surface area contributed by atoms with Crippen LogP contribution in [0.25, 0.3) is 0 Å². The van der Waals surface area contributed by atoms with Crippen molar-refractivity contribution in [1.82, 2.24) is 5.32 Å². The molecule has 0 saturated heterocycles. The summed E-state index contributed by atoms with van der Waals surface area (Å²) in [5.41, 5.74) is 1.75. The summed E-state index contributed by atoms with van der Waals surface area (Å²) in [6.07, 6.45) is 1.13. The van der Waals surface area contributed by atoms with Gasteiger partial charge in [0.2, 0.25) is 11.8 Å². The molecule has 0 heterocycles. The number of amides is 3. The Morgan fingerprint density at radius 2 is 1.63 bits per heavy atom. The summed E-state index contributed by atoms with van der Waals surface area (Å²) < 4.78 is 0. The van der Waals surface area contributed by atoms with Gasteiger partial charge in [0, 0.05) is 35.8 Å². The lowest BCUT2D eigenvalue weighted by Crippen LogP contribution is -2.29. The highest BCUT2D eigenvalue weighted by Crippen LogP contribution is 2.37. The summed E-state index contributed by atoms with van der Waals surface area (Å²) in [7, 11) is 0. The van der Waals surface area contributed by atoms with E-state index in [2.05, 4.69) is 16.0 Å². The van der Waals surface area contributed by atoms with Gasteiger partial charge in [-0.1, -0.05) is 31.2 Å². The van der Waals surface area contributed by atoms with Gasteiger partial charge in [0.05, 0.1) is 0 Å². The van der Waals surface area contributed by atoms with E-state index in [1.807, 2.05) is 13.0 Å². The Kier molecular flexibility index (Phi) is 5.86. The summed E-state index contributed by atoms with van der Waals surface area (Å²) in [6.45, 7) is 2.36. The first-order valence-electron chi connectivity index (χ1n) is 9.07. The van der Waals surface area contributed by atoms with Crippen LogP contribution in [0.1, 0.15) is 30.1 Å². The smallest absolute Gasteiger partial charge is 0.255 e. The van der Waals surface area contributed by atoms with Gasteiger partial charge in [0.1, 0.15) is 0 Å². The lowest BCUT2D eigenvalue weighted by atomic mass is 10.2. The number of anilines is 2. The van der Waals surface area contributed by atoms with Crippen molar-refractivity contribution in [1.29, 1.82) is 0 Å². The Balaban J connectivity index is 1.47. The molecule has 6 heteroatoms. The fourth-order valence-corrected chi connectivity index (χ4v) is 2.81. The van der Waals surface area contributed by atoms with E-state index in [0.29, 0.717) is 29.4 Å². The highest BCUT2D eigenvalue weighted by molar-refractivity contribution is 6.04. The molecular formula is C21H23N3O3. The first-order chi connectivity index (χ1) is 13.0. The predicted molar refractivity (Wildman–Crippen MR) is 104 cm³/mol. The number of hydrogen-bond donors (Lipinski definition) is 3. The molecule has 3 N–H and O–H groups in total. The van der Waals surface area contributed by atoms with Crippen molar-refractivity contribution in [2.45, 2.75) is 19.8 Å². The molecule has 1 aliphatic rings.